The lowest BCUT2D eigenvalue weighted by molar-refractivity contribution is -0.962. The molecule has 0 amide bonds. The summed E-state index contributed by atoms with van der Waals surface area (Å²) in [5.41, 5.74) is 0.461. The van der Waals surface area contributed by atoms with Crippen LogP contribution in [0.3, 0.4) is 0 Å². The lowest BCUT2D eigenvalue weighted by Gasteiger charge is -2.40. The molecule has 0 spiro atoms. The molecule has 132 valence electrons. The number of hydrogen-bond acceptors (Lipinski definition) is 6. The van der Waals surface area contributed by atoms with E-state index in [1.165, 1.54) is 6.92 Å². The SMILES string of the molecule is C=C(C)C(=O)OC(C)[N+](CC)(CC)CC.CCOS(=O)(=O)[O-]. The van der Waals surface area contributed by atoms with Gasteiger partial charge in [-0.3, -0.25) is 8.67 Å². The number of esters is 1. The minimum Gasteiger partial charge on any atom is -0.726 e. The fourth-order valence-electron chi connectivity index (χ4n) is 1.95. The summed E-state index contributed by atoms with van der Waals surface area (Å²) in [6.45, 7) is 17.8. The maximum atomic E-state index is 11.4. The standard InChI is InChI=1S/C12H24NO2.C2H6O4S/c1-7-13(8-2,9-3)11(6)15-12(14)10(4)5;1-2-6-7(3,4)5/h11H,4,7-9H2,1-3,5-6H3;2H2,1H3,(H,3,4,5)/q+1;/p-1. The van der Waals surface area contributed by atoms with Gasteiger partial charge in [-0.05, 0) is 34.6 Å². The van der Waals surface area contributed by atoms with Gasteiger partial charge in [-0.15, -0.1) is 0 Å². The third kappa shape index (κ3) is 9.14. The first kappa shape index (κ1) is 23.3. The van der Waals surface area contributed by atoms with Crippen LogP contribution in [0.1, 0.15) is 41.5 Å². The third-order valence-electron chi connectivity index (χ3n) is 3.55. The van der Waals surface area contributed by atoms with Crippen molar-refractivity contribution in [1.82, 2.24) is 0 Å². The van der Waals surface area contributed by atoms with Crippen molar-refractivity contribution in [2.24, 2.45) is 0 Å². The highest BCUT2D eigenvalue weighted by atomic mass is 32.3. The Morgan fingerprint density at radius 1 is 1.18 bits per heavy atom. The smallest absolute Gasteiger partial charge is 0.337 e. The number of nitrogens with zero attached hydrogens (tertiary/aromatic N) is 1. The van der Waals surface area contributed by atoms with Crippen molar-refractivity contribution in [3.63, 3.8) is 0 Å². The lowest BCUT2D eigenvalue weighted by atomic mass is 10.3. The zero-order chi connectivity index (χ0) is 18.0. The number of quaternary nitrogens is 1. The molecule has 0 rings (SSSR count). The van der Waals surface area contributed by atoms with E-state index >= 15 is 0 Å². The maximum Gasteiger partial charge on any atom is 0.337 e. The summed E-state index contributed by atoms with van der Waals surface area (Å²) < 4.78 is 38.2. The third-order valence-corrected chi connectivity index (χ3v) is 4.07. The van der Waals surface area contributed by atoms with Gasteiger partial charge < -0.3 is 9.29 Å². The molecule has 0 aliphatic rings. The summed E-state index contributed by atoms with van der Waals surface area (Å²) in [7, 11) is -4.42. The number of hydrogen-bond donors (Lipinski definition) is 0. The summed E-state index contributed by atoms with van der Waals surface area (Å²) in [6.07, 6.45) is -0.103. The molecule has 0 aromatic rings. The summed E-state index contributed by atoms with van der Waals surface area (Å²) in [6, 6.07) is 0. The van der Waals surface area contributed by atoms with Crippen molar-refractivity contribution in [3.8, 4) is 0 Å². The van der Waals surface area contributed by atoms with Gasteiger partial charge in [-0.1, -0.05) is 6.58 Å². The van der Waals surface area contributed by atoms with Crippen molar-refractivity contribution in [2.75, 3.05) is 26.2 Å². The molecule has 0 heterocycles. The fraction of sp³-hybridized carbons (Fsp3) is 0.786. The van der Waals surface area contributed by atoms with Crippen LogP contribution in [0.5, 0.6) is 0 Å². The van der Waals surface area contributed by atoms with Crippen LogP contribution < -0.4 is 0 Å². The zero-order valence-corrected chi connectivity index (χ0v) is 15.2. The molecule has 22 heavy (non-hydrogen) atoms. The van der Waals surface area contributed by atoms with Crippen molar-refractivity contribution < 1.29 is 31.2 Å². The molecule has 1 unspecified atom stereocenters. The molecule has 0 saturated heterocycles. The van der Waals surface area contributed by atoms with Crippen LogP contribution in [0.2, 0.25) is 0 Å². The Morgan fingerprint density at radius 2 is 1.59 bits per heavy atom. The molecule has 0 aliphatic carbocycles. The second kappa shape index (κ2) is 10.7. The Hall–Kier alpha value is -0.960. The second-order valence-electron chi connectivity index (χ2n) is 4.77. The van der Waals surface area contributed by atoms with Gasteiger partial charge in [0.05, 0.1) is 26.2 Å². The number of carbonyl (C=O) groups excluding carboxylic acids is 1. The van der Waals surface area contributed by atoms with Crippen molar-refractivity contribution in [3.05, 3.63) is 12.2 Å². The maximum absolute atomic E-state index is 11.4. The fourth-order valence-corrected chi connectivity index (χ4v) is 2.24. The first-order chi connectivity index (χ1) is 9.99. The molecule has 0 N–H and O–H groups in total. The Balaban J connectivity index is 0. The van der Waals surface area contributed by atoms with Gasteiger partial charge >= 0.3 is 5.97 Å². The van der Waals surface area contributed by atoms with Gasteiger partial charge in [0.25, 0.3) is 0 Å². The van der Waals surface area contributed by atoms with Crippen LogP contribution in [0, 0.1) is 0 Å². The van der Waals surface area contributed by atoms with Gasteiger partial charge in [0.1, 0.15) is 0 Å². The largest absolute Gasteiger partial charge is 0.726 e. The van der Waals surface area contributed by atoms with E-state index in [4.69, 9.17) is 4.74 Å². The topological polar surface area (TPSA) is 92.7 Å². The molecule has 0 saturated carbocycles. The highest BCUT2D eigenvalue weighted by Gasteiger charge is 2.31. The number of carbonyl (C=O) groups is 1. The average molecular weight is 339 g/mol. The quantitative estimate of drug-likeness (QED) is 0.167. The number of ether oxygens (including phenoxy) is 1. The van der Waals surface area contributed by atoms with Crippen LogP contribution in [-0.2, 0) is 24.1 Å². The predicted octanol–water partition coefficient (Wildman–Crippen LogP) is 1.81. The first-order valence-electron chi connectivity index (χ1n) is 7.32. The van der Waals surface area contributed by atoms with Crippen LogP contribution >= 0.6 is 0 Å². The molecule has 7 nitrogen and oxygen atoms in total. The highest BCUT2D eigenvalue weighted by molar-refractivity contribution is 7.80. The lowest BCUT2D eigenvalue weighted by Crippen LogP contribution is -2.55. The van der Waals surface area contributed by atoms with Crippen LogP contribution in [0.15, 0.2) is 12.2 Å². The normalized spacial score (nSPS) is 12.9. The summed E-state index contributed by atoms with van der Waals surface area (Å²) in [5, 5.41) is 0. The molecular formula is C14H29NO6S. The van der Waals surface area contributed by atoms with E-state index in [1.807, 2.05) is 6.92 Å². The van der Waals surface area contributed by atoms with Gasteiger partial charge in [-0.25, -0.2) is 13.2 Å². The Labute approximate surface area is 134 Å². The average Bonchev–Trinajstić information content (AvgIpc) is 2.40. The van der Waals surface area contributed by atoms with Crippen molar-refractivity contribution >= 4 is 16.4 Å². The van der Waals surface area contributed by atoms with E-state index in [2.05, 4.69) is 31.5 Å². The molecule has 1 atom stereocenters. The first-order valence-corrected chi connectivity index (χ1v) is 8.65. The van der Waals surface area contributed by atoms with E-state index < -0.39 is 10.4 Å². The van der Waals surface area contributed by atoms with Gasteiger partial charge in [0.2, 0.25) is 16.6 Å². The van der Waals surface area contributed by atoms with Gasteiger partial charge in [0.15, 0.2) is 0 Å². The molecule has 0 aliphatic heterocycles. The molecule has 0 aromatic heterocycles. The minimum atomic E-state index is -4.42. The van der Waals surface area contributed by atoms with Gasteiger partial charge in [-0.2, -0.15) is 0 Å². The van der Waals surface area contributed by atoms with Crippen LogP contribution in [0.25, 0.3) is 0 Å². The summed E-state index contributed by atoms with van der Waals surface area (Å²) in [4.78, 5) is 11.4. The molecule has 0 bridgehead atoms. The van der Waals surface area contributed by atoms with Gasteiger partial charge in [0, 0.05) is 12.5 Å². The molecule has 8 heteroatoms. The van der Waals surface area contributed by atoms with E-state index in [0.717, 1.165) is 24.1 Å². The van der Waals surface area contributed by atoms with E-state index in [9.17, 15) is 17.8 Å². The molecule has 0 aromatic carbocycles. The molecular weight excluding hydrogens is 310 g/mol. The number of rotatable bonds is 8. The Bertz CT molecular complexity index is 434. The van der Waals surface area contributed by atoms with Crippen molar-refractivity contribution in [1.29, 1.82) is 0 Å². The zero-order valence-electron chi connectivity index (χ0n) is 14.4. The highest BCUT2D eigenvalue weighted by Crippen LogP contribution is 2.15. The van der Waals surface area contributed by atoms with E-state index in [0.29, 0.717) is 5.57 Å². The van der Waals surface area contributed by atoms with Crippen LogP contribution in [0.4, 0.5) is 0 Å². The Kier molecular flexibility index (Phi) is 11.4. The Morgan fingerprint density at radius 3 is 1.77 bits per heavy atom. The van der Waals surface area contributed by atoms with E-state index in [-0.39, 0.29) is 18.8 Å². The molecule has 0 fully saturated rings. The second-order valence-corrected chi connectivity index (χ2v) is 5.82. The van der Waals surface area contributed by atoms with Crippen molar-refractivity contribution in [2.45, 2.75) is 47.8 Å². The predicted molar refractivity (Wildman–Crippen MR) is 83.6 cm³/mol. The monoisotopic (exact) mass is 339 g/mol. The summed E-state index contributed by atoms with van der Waals surface area (Å²) >= 11 is 0. The van der Waals surface area contributed by atoms with Crippen LogP contribution in [-0.4, -0.2) is 55.9 Å². The molecule has 0 radical (unpaired) electrons. The summed E-state index contributed by atoms with van der Waals surface area (Å²) in [5.74, 6) is -0.291. The van der Waals surface area contributed by atoms with E-state index in [1.54, 1.807) is 6.92 Å². The minimum absolute atomic E-state index is 0.0914.